The second kappa shape index (κ2) is 16.0. The fraction of sp³-hybridized carbons (Fsp3) is 0.378. The van der Waals surface area contributed by atoms with E-state index in [1.165, 1.54) is 0 Å². The van der Waals surface area contributed by atoms with Crippen molar-refractivity contribution in [3.63, 3.8) is 0 Å². The van der Waals surface area contributed by atoms with E-state index in [1.54, 1.807) is 12.4 Å². The highest BCUT2D eigenvalue weighted by Crippen LogP contribution is 2.48. The highest BCUT2D eigenvalue weighted by atomic mass is 79.9. The lowest BCUT2D eigenvalue weighted by molar-refractivity contribution is -0.117. The minimum absolute atomic E-state index is 0.0807. The number of ketones is 1. The molecule has 3 aromatic rings. The van der Waals surface area contributed by atoms with Crippen LogP contribution in [0.4, 0.5) is 5.69 Å². The maximum Gasteiger partial charge on any atom is 0.238 e. The third-order valence-electron chi connectivity index (χ3n) is 8.46. The number of aliphatic imine (C=N–C) groups is 1. The Morgan fingerprint density at radius 2 is 1.89 bits per heavy atom. The lowest BCUT2D eigenvalue weighted by atomic mass is 9.70. The first kappa shape index (κ1) is 34.0. The number of halogens is 1. The summed E-state index contributed by atoms with van der Waals surface area (Å²) >= 11 is 3.70. The van der Waals surface area contributed by atoms with E-state index in [0.717, 1.165) is 47.4 Å². The number of Topliss-reactive ketones (excluding diaryl/α,β-unsaturated/α-hetero) is 1. The van der Waals surface area contributed by atoms with E-state index in [0.29, 0.717) is 46.8 Å². The summed E-state index contributed by atoms with van der Waals surface area (Å²) < 4.78 is 13.0. The molecular formula is C37H40BrN5O4. The van der Waals surface area contributed by atoms with Crippen LogP contribution in [0.5, 0.6) is 11.5 Å². The van der Waals surface area contributed by atoms with Crippen LogP contribution in [-0.2, 0) is 22.7 Å². The highest BCUT2D eigenvalue weighted by Gasteiger charge is 2.41. The molecule has 2 aromatic carbocycles. The molecule has 9 nitrogen and oxygen atoms in total. The molecule has 0 fully saturated rings. The van der Waals surface area contributed by atoms with Gasteiger partial charge in [-0.25, -0.2) is 0 Å². The summed E-state index contributed by atoms with van der Waals surface area (Å²) in [7, 11) is 0. The second-order valence-electron chi connectivity index (χ2n) is 11.9. The normalized spacial score (nSPS) is 19.0. The molecule has 1 aromatic heterocycles. The maximum absolute atomic E-state index is 13.6. The van der Waals surface area contributed by atoms with Gasteiger partial charge in [0, 0.05) is 53.9 Å². The number of hydrogen-bond donors (Lipinski definition) is 2. The zero-order valence-electron chi connectivity index (χ0n) is 27.0. The molecule has 3 unspecified atom stereocenters. The highest BCUT2D eigenvalue weighted by molar-refractivity contribution is 9.10. The summed E-state index contributed by atoms with van der Waals surface area (Å²) in [4.78, 5) is 34.9. The van der Waals surface area contributed by atoms with Crippen LogP contribution in [0.2, 0.25) is 0 Å². The molecule has 3 atom stereocenters. The molecule has 244 valence electrons. The number of pyridine rings is 1. The fourth-order valence-electron chi connectivity index (χ4n) is 6.37. The van der Waals surface area contributed by atoms with Crippen molar-refractivity contribution in [1.29, 1.82) is 5.26 Å². The number of ether oxygens (including phenoxy) is 2. The smallest absolute Gasteiger partial charge is 0.238 e. The van der Waals surface area contributed by atoms with Crippen LogP contribution in [0.25, 0.3) is 0 Å². The van der Waals surface area contributed by atoms with E-state index >= 15 is 0 Å². The number of carbonyl (C=O) groups is 2. The lowest BCUT2D eigenvalue weighted by Crippen LogP contribution is -2.32. The van der Waals surface area contributed by atoms with Gasteiger partial charge in [0.05, 0.1) is 29.6 Å². The van der Waals surface area contributed by atoms with Crippen molar-refractivity contribution in [1.82, 2.24) is 10.3 Å². The van der Waals surface area contributed by atoms with E-state index in [4.69, 9.17) is 14.5 Å². The molecule has 0 spiro atoms. The van der Waals surface area contributed by atoms with Crippen molar-refractivity contribution in [2.75, 3.05) is 18.5 Å². The molecule has 1 aliphatic carbocycles. The Morgan fingerprint density at radius 1 is 1.09 bits per heavy atom. The lowest BCUT2D eigenvalue weighted by Gasteiger charge is -2.35. The van der Waals surface area contributed by atoms with Gasteiger partial charge in [-0.15, -0.1) is 0 Å². The molecule has 47 heavy (non-hydrogen) atoms. The van der Waals surface area contributed by atoms with Crippen molar-refractivity contribution < 1.29 is 19.1 Å². The van der Waals surface area contributed by atoms with Crippen LogP contribution in [-0.4, -0.2) is 35.5 Å². The summed E-state index contributed by atoms with van der Waals surface area (Å²) in [6, 6.07) is 17.5. The molecule has 10 heteroatoms. The molecule has 0 radical (unpaired) electrons. The fourth-order valence-corrected chi connectivity index (χ4v) is 6.94. The summed E-state index contributed by atoms with van der Waals surface area (Å²) in [6.45, 7) is 7.28. The van der Waals surface area contributed by atoms with E-state index < -0.39 is 11.8 Å². The van der Waals surface area contributed by atoms with Crippen LogP contribution in [0, 0.1) is 23.2 Å². The zero-order valence-corrected chi connectivity index (χ0v) is 28.6. The number of nitrogens with one attached hydrogen (secondary N) is 2. The number of amides is 1. The number of benzene rings is 2. The third kappa shape index (κ3) is 8.34. The number of allylic oxidation sites excluding steroid dienone is 2. The van der Waals surface area contributed by atoms with Crippen molar-refractivity contribution >= 4 is 39.0 Å². The SMILES string of the molecule is CCCC1CC(=O)C2=C(C1)N=C(C)C(C#N)C2c1cc(Br)c(OCc2cccc(NC(=O)CNCc3ccncc3)c2)c(OCC)c1. The number of nitrogens with zero attached hydrogens (tertiary/aromatic N) is 3. The van der Waals surface area contributed by atoms with Crippen molar-refractivity contribution in [3.8, 4) is 17.6 Å². The average Bonchev–Trinajstić information content (AvgIpc) is 3.04. The third-order valence-corrected chi connectivity index (χ3v) is 9.05. The van der Waals surface area contributed by atoms with Gasteiger partial charge in [0.15, 0.2) is 17.3 Å². The summed E-state index contributed by atoms with van der Waals surface area (Å²) in [5, 5.41) is 16.3. The molecule has 0 saturated heterocycles. The van der Waals surface area contributed by atoms with Gasteiger partial charge in [-0.2, -0.15) is 5.26 Å². The van der Waals surface area contributed by atoms with Gasteiger partial charge in [0.1, 0.15) is 6.61 Å². The Balaban J connectivity index is 1.32. The Kier molecular flexibility index (Phi) is 11.6. The molecule has 2 heterocycles. The van der Waals surface area contributed by atoms with E-state index in [1.807, 2.05) is 62.4 Å². The quantitative estimate of drug-likeness (QED) is 0.192. The van der Waals surface area contributed by atoms with Crippen LogP contribution in [0.1, 0.15) is 69.1 Å². The second-order valence-corrected chi connectivity index (χ2v) is 12.8. The van der Waals surface area contributed by atoms with Gasteiger partial charge in [-0.1, -0.05) is 25.5 Å². The van der Waals surface area contributed by atoms with E-state index in [2.05, 4.69) is 44.5 Å². The number of rotatable bonds is 13. The molecule has 0 saturated carbocycles. The Labute approximate surface area is 284 Å². The predicted octanol–water partition coefficient (Wildman–Crippen LogP) is 7.28. The Hall–Kier alpha value is -4.33. The van der Waals surface area contributed by atoms with Crippen LogP contribution >= 0.6 is 15.9 Å². The van der Waals surface area contributed by atoms with Gasteiger partial charge in [0.25, 0.3) is 0 Å². The number of anilines is 1. The minimum Gasteiger partial charge on any atom is -0.490 e. The van der Waals surface area contributed by atoms with Crippen molar-refractivity contribution in [2.45, 2.75) is 65.5 Å². The van der Waals surface area contributed by atoms with Gasteiger partial charge in [0.2, 0.25) is 5.91 Å². The molecule has 1 amide bonds. The van der Waals surface area contributed by atoms with Crippen LogP contribution in [0.15, 0.2) is 81.7 Å². The summed E-state index contributed by atoms with van der Waals surface area (Å²) in [5.41, 5.74) is 5.59. The first-order valence-electron chi connectivity index (χ1n) is 16.1. The zero-order chi connectivity index (χ0) is 33.3. The Bertz CT molecular complexity index is 1720. The van der Waals surface area contributed by atoms with Crippen molar-refractivity contribution in [3.05, 3.63) is 93.4 Å². The van der Waals surface area contributed by atoms with Crippen LogP contribution in [0.3, 0.4) is 0 Å². The first-order valence-corrected chi connectivity index (χ1v) is 16.9. The molecule has 5 rings (SSSR count). The molecule has 1 aliphatic heterocycles. The maximum atomic E-state index is 13.6. The van der Waals surface area contributed by atoms with Gasteiger partial charge < -0.3 is 20.1 Å². The average molecular weight is 699 g/mol. The largest absolute Gasteiger partial charge is 0.490 e. The Morgan fingerprint density at radius 3 is 2.64 bits per heavy atom. The topological polar surface area (TPSA) is 126 Å². The van der Waals surface area contributed by atoms with Gasteiger partial charge in [-0.05, 0) is 102 Å². The predicted molar refractivity (Wildman–Crippen MR) is 185 cm³/mol. The van der Waals surface area contributed by atoms with Gasteiger partial charge >= 0.3 is 0 Å². The number of aromatic nitrogens is 1. The monoisotopic (exact) mass is 697 g/mol. The van der Waals surface area contributed by atoms with E-state index in [9.17, 15) is 14.9 Å². The standard InChI is InChI=1S/C37H40BrN5O4/c1-4-7-25-15-31-36(32(44)16-25)35(29(19-39)23(3)42-31)27-17-30(38)37(33(18-27)46-5-2)47-22-26-8-6-9-28(14-26)43-34(45)21-41-20-24-10-12-40-13-11-24/h6,8-14,17-18,25,29,35,41H,4-5,7,15-16,20-22H2,1-3H3,(H,43,45). The number of carbonyl (C=O) groups excluding carboxylic acids is 2. The van der Waals surface area contributed by atoms with E-state index in [-0.39, 0.29) is 30.8 Å². The number of nitriles is 1. The first-order chi connectivity index (χ1) is 22.8. The molecular weight excluding hydrogens is 658 g/mol. The molecule has 2 aliphatic rings. The number of hydrogen-bond acceptors (Lipinski definition) is 8. The summed E-state index contributed by atoms with van der Waals surface area (Å²) in [6.07, 6.45) is 6.68. The summed E-state index contributed by atoms with van der Waals surface area (Å²) in [5.74, 6) is 0.258. The van der Waals surface area contributed by atoms with Crippen LogP contribution < -0.4 is 20.1 Å². The minimum atomic E-state index is -0.558. The van der Waals surface area contributed by atoms with Gasteiger partial charge in [-0.3, -0.25) is 19.6 Å². The molecule has 2 N–H and O–H groups in total. The molecule has 0 bridgehead atoms. The van der Waals surface area contributed by atoms with Crippen molar-refractivity contribution in [2.24, 2.45) is 16.8 Å².